The normalized spacial score (nSPS) is 20.4. The highest BCUT2D eigenvalue weighted by Gasteiger charge is 2.35. The second kappa shape index (κ2) is 7.60. The lowest BCUT2D eigenvalue weighted by molar-refractivity contribution is -0.121. The van der Waals surface area contributed by atoms with Crippen molar-refractivity contribution in [2.75, 3.05) is 24.7 Å². The lowest BCUT2D eigenvalue weighted by Gasteiger charge is -2.33. The summed E-state index contributed by atoms with van der Waals surface area (Å²) in [7, 11) is -3.66. The topological polar surface area (TPSA) is 78.8 Å². The van der Waals surface area contributed by atoms with Crippen molar-refractivity contribution in [1.29, 1.82) is 0 Å². The largest absolute Gasteiger partial charge is 0.355 e. The summed E-state index contributed by atoms with van der Waals surface area (Å²) in [6, 6.07) is 14.6. The first-order valence-electron chi connectivity index (χ1n) is 9.13. The second-order valence-electron chi connectivity index (χ2n) is 6.86. The van der Waals surface area contributed by atoms with Gasteiger partial charge in [0.25, 0.3) is 10.0 Å². The van der Waals surface area contributed by atoms with Crippen molar-refractivity contribution in [2.45, 2.75) is 22.6 Å². The Morgan fingerprint density at radius 3 is 2.75 bits per heavy atom. The van der Waals surface area contributed by atoms with E-state index in [-0.39, 0.29) is 16.7 Å². The zero-order valence-electron chi connectivity index (χ0n) is 15.5. The highest BCUT2D eigenvalue weighted by molar-refractivity contribution is 7.98. The minimum atomic E-state index is -3.66. The summed E-state index contributed by atoms with van der Waals surface area (Å²) in [5.41, 5.74) is 1.43. The number of hydrogen-bond acceptors (Lipinski definition) is 5. The van der Waals surface area contributed by atoms with Crippen LogP contribution in [0.1, 0.15) is 18.4 Å². The number of rotatable bonds is 3. The maximum Gasteiger partial charge on any atom is 0.285 e. The van der Waals surface area contributed by atoms with Crippen molar-refractivity contribution in [3.63, 3.8) is 0 Å². The van der Waals surface area contributed by atoms with E-state index in [0.717, 1.165) is 23.4 Å². The third-order valence-corrected chi connectivity index (χ3v) is 7.19. The fourth-order valence-electron chi connectivity index (χ4n) is 3.68. The first-order chi connectivity index (χ1) is 13.5. The number of fused-ring (bicyclic) bond motifs is 1. The summed E-state index contributed by atoms with van der Waals surface area (Å²) in [6.45, 7) is 1.14. The van der Waals surface area contributed by atoms with Gasteiger partial charge in [0.15, 0.2) is 5.84 Å². The third-order valence-electron chi connectivity index (χ3n) is 5.07. The number of anilines is 1. The minimum absolute atomic E-state index is 0.0408. The molecule has 2 aliphatic rings. The SMILES string of the molecule is CSc1ccccc1NC(=O)C1CCCN(C2=NS(=O)(=O)c3ccccc32)C1. The molecule has 0 radical (unpaired) electrons. The van der Waals surface area contributed by atoms with Crippen LogP contribution in [-0.2, 0) is 14.8 Å². The van der Waals surface area contributed by atoms with Crippen molar-refractivity contribution in [3.05, 3.63) is 54.1 Å². The van der Waals surface area contributed by atoms with E-state index in [1.54, 1.807) is 30.0 Å². The van der Waals surface area contributed by atoms with E-state index < -0.39 is 10.0 Å². The van der Waals surface area contributed by atoms with E-state index >= 15 is 0 Å². The van der Waals surface area contributed by atoms with Crippen LogP contribution in [-0.4, -0.2) is 44.4 Å². The quantitative estimate of drug-likeness (QED) is 0.779. The van der Waals surface area contributed by atoms with E-state index in [1.165, 1.54) is 0 Å². The maximum absolute atomic E-state index is 12.9. The number of nitrogens with zero attached hydrogens (tertiary/aromatic N) is 2. The first-order valence-corrected chi connectivity index (χ1v) is 11.8. The molecule has 2 aromatic rings. The number of thioether (sulfide) groups is 1. The van der Waals surface area contributed by atoms with E-state index in [0.29, 0.717) is 24.5 Å². The van der Waals surface area contributed by atoms with Gasteiger partial charge in [0.2, 0.25) is 5.91 Å². The van der Waals surface area contributed by atoms with Crippen LogP contribution in [0.2, 0.25) is 0 Å². The van der Waals surface area contributed by atoms with Crippen LogP contribution in [0.5, 0.6) is 0 Å². The Morgan fingerprint density at radius 1 is 1.18 bits per heavy atom. The van der Waals surface area contributed by atoms with Gasteiger partial charge in [-0.15, -0.1) is 16.2 Å². The molecule has 0 aromatic heterocycles. The molecular formula is C20H21N3O3S2. The van der Waals surface area contributed by atoms with E-state index in [1.807, 2.05) is 41.5 Å². The lowest BCUT2D eigenvalue weighted by atomic mass is 9.96. The van der Waals surface area contributed by atoms with Gasteiger partial charge in [-0.1, -0.05) is 24.3 Å². The van der Waals surface area contributed by atoms with E-state index in [2.05, 4.69) is 9.71 Å². The number of carbonyl (C=O) groups excluding carboxylic acids is 1. The Labute approximate surface area is 169 Å². The molecule has 28 heavy (non-hydrogen) atoms. The molecule has 0 spiro atoms. The van der Waals surface area contributed by atoms with Gasteiger partial charge in [0.05, 0.1) is 11.6 Å². The van der Waals surface area contributed by atoms with Crippen LogP contribution >= 0.6 is 11.8 Å². The Hall–Kier alpha value is -2.32. The van der Waals surface area contributed by atoms with Crippen molar-refractivity contribution in [1.82, 2.24) is 4.90 Å². The maximum atomic E-state index is 12.9. The monoisotopic (exact) mass is 415 g/mol. The minimum Gasteiger partial charge on any atom is -0.355 e. The molecule has 1 saturated heterocycles. The van der Waals surface area contributed by atoms with Crippen LogP contribution in [0.25, 0.3) is 0 Å². The molecule has 0 saturated carbocycles. The number of para-hydroxylation sites is 1. The molecule has 6 nitrogen and oxygen atoms in total. The van der Waals surface area contributed by atoms with Gasteiger partial charge in [0, 0.05) is 23.5 Å². The predicted octanol–water partition coefficient (Wildman–Crippen LogP) is 3.21. The first kappa shape index (κ1) is 19.0. The highest BCUT2D eigenvalue weighted by atomic mass is 32.2. The van der Waals surface area contributed by atoms with Gasteiger partial charge in [-0.25, -0.2) is 0 Å². The fraction of sp³-hybridized carbons (Fsp3) is 0.300. The Kier molecular flexibility index (Phi) is 5.16. The number of carbonyl (C=O) groups is 1. The molecule has 2 aliphatic heterocycles. The number of likely N-dealkylation sites (tertiary alicyclic amines) is 1. The van der Waals surface area contributed by atoms with Crippen molar-refractivity contribution < 1.29 is 13.2 Å². The summed E-state index contributed by atoms with van der Waals surface area (Å²) in [6.07, 6.45) is 3.55. The molecule has 1 atom stereocenters. The molecule has 4 rings (SSSR count). The zero-order valence-corrected chi connectivity index (χ0v) is 17.1. The molecule has 2 aromatic carbocycles. The zero-order chi connectivity index (χ0) is 19.7. The fourth-order valence-corrected chi connectivity index (χ4v) is 5.46. The number of piperidine rings is 1. The van der Waals surface area contributed by atoms with Crippen LogP contribution in [0.4, 0.5) is 5.69 Å². The van der Waals surface area contributed by atoms with Crippen molar-refractivity contribution >= 4 is 39.2 Å². The van der Waals surface area contributed by atoms with Crippen molar-refractivity contribution in [3.8, 4) is 0 Å². The van der Waals surface area contributed by atoms with E-state index in [9.17, 15) is 13.2 Å². The summed E-state index contributed by atoms with van der Waals surface area (Å²) >= 11 is 1.59. The number of nitrogens with one attached hydrogen (secondary N) is 1. The summed E-state index contributed by atoms with van der Waals surface area (Å²) in [5.74, 6) is 0.195. The number of benzene rings is 2. The Morgan fingerprint density at radius 2 is 1.93 bits per heavy atom. The second-order valence-corrected chi connectivity index (χ2v) is 9.28. The molecule has 1 N–H and O–H groups in total. The van der Waals surface area contributed by atoms with Crippen LogP contribution < -0.4 is 5.32 Å². The predicted molar refractivity (Wildman–Crippen MR) is 111 cm³/mol. The Balaban J connectivity index is 1.53. The molecular weight excluding hydrogens is 394 g/mol. The Bertz CT molecular complexity index is 1050. The third kappa shape index (κ3) is 3.54. The average Bonchev–Trinajstić information content (AvgIpc) is 3.00. The van der Waals surface area contributed by atoms with Gasteiger partial charge < -0.3 is 10.2 Å². The molecule has 2 heterocycles. The molecule has 1 amide bonds. The van der Waals surface area contributed by atoms with E-state index in [4.69, 9.17) is 0 Å². The number of amides is 1. The summed E-state index contributed by atoms with van der Waals surface area (Å²) in [4.78, 5) is 16.1. The van der Waals surface area contributed by atoms with Crippen molar-refractivity contribution in [2.24, 2.45) is 10.3 Å². The highest BCUT2D eigenvalue weighted by Crippen LogP contribution is 2.30. The molecule has 0 aliphatic carbocycles. The van der Waals surface area contributed by atoms with Gasteiger partial charge >= 0.3 is 0 Å². The average molecular weight is 416 g/mol. The summed E-state index contributed by atoms with van der Waals surface area (Å²) < 4.78 is 28.7. The van der Waals surface area contributed by atoms with Gasteiger partial charge in [-0.2, -0.15) is 8.42 Å². The van der Waals surface area contributed by atoms with Crippen LogP contribution in [0.3, 0.4) is 0 Å². The van der Waals surface area contributed by atoms with Gasteiger partial charge in [-0.05, 0) is 43.4 Å². The van der Waals surface area contributed by atoms with Gasteiger partial charge in [0.1, 0.15) is 4.90 Å². The van der Waals surface area contributed by atoms with Gasteiger partial charge in [-0.3, -0.25) is 4.79 Å². The smallest absolute Gasteiger partial charge is 0.285 e. The molecule has 1 unspecified atom stereocenters. The standard InChI is InChI=1S/C20H21N3O3S2/c1-27-17-10-4-3-9-16(17)21-20(24)14-7-6-12-23(13-14)19-15-8-2-5-11-18(15)28(25,26)22-19/h2-5,8-11,14H,6-7,12-13H2,1H3,(H,21,24). The molecule has 8 heteroatoms. The molecule has 1 fully saturated rings. The number of sulfonamides is 1. The van der Waals surface area contributed by atoms with Crippen LogP contribution in [0, 0.1) is 5.92 Å². The van der Waals surface area contributed by atoms with Crippen LogP contribution in [0.15, 0.2) is 62.7 Å². The number of hydrogen-bond donors (Lipinski definition) is 1. The molecule has 0 bridgehead atoms. The summed E-state index contributed by atoms with van der Waals surface area (Å²) in [5, 5.41) is 3.03. The number of amidine groups is 1. The molecule has 146 valence electrons. The lowest BCUT2D eigenvalue weighted by Crippen LogP contribution is -2.43.